The van der Waals surface area contributed by atoms with Crippen LogP contribution in [-0.2, 0) is 4.79 Å². The molecule has 0 aromatic heterocycles. The molecule has 0 spiro atoms. The van der Waals surface area contributed by atoms with Crippen LogP contribution >= 0.6 is 0 Å². The number of rotatable bonds is 2. The maximum Gasteiger partial charge on any atom is 0.228 e. The Bertz CT molecular complexity index is 329. The molecule has 0 saturated carbocycles. The van der Waals surface area contributed by atoms with Crippen LogP contribution in [0.5, 0.6) is 0 Å². The van der Waals surface area contributed by atoms with E-state index < -0.39 is 0 Å². The van der Waals surface area contributed by atoms with Gasteiger partial charge in [0, 0.05) is 19.2 Å². The number of hydrogen-bond acceptors (Lipinski definition) is 1. The van der Waals surface area contributed by atoms with Gasteiger partial charge in [0.2, 0.25) is 5.91 Å². The summed E-state index contributed by atoms with van der Waals surface area (Å²) in [4.78, 5) is 12.7. The summed E-state index contributed by atoms with van der Waals surface area (Å²) in [6.07, 6.45) is 4.50. The lowest BCUT2D eigenvalue weighted by atomic mass is 10.2. The summed E-state index contributed by atoms with van der Waals surface area (Å²) in [5.74, 6) is 0.215. The van der Waals surface area contributed by atoms with Crippen LogP contribution in [0.15, 0.2) is 36.5 Å². The predicted octanol–water partition coefficient (Wildman–Crippen LogP) is 1.89. The summed E-state index contributed by atoms with van der Waals surface area (Å²) in [5.41, 5.74) is 1.13. The molecule has 66 valence electrons. The third-order valence-corrected chi connectivity index (χ3v) is 2.13. The molecule has 1 aromatic carbocycles. The smallest absolute Gasteiger partial charge is 0.228 e. The fourth-order valence-electron chi connectivity index (χ4n) is 1.23. The number of hydrogen-bond donors (Lipinski definition) is 0. The number of amides is 1. The lowest BCUT2D eigenvalue weighted by Crippen LogP contribution is -2.38. The average molecular weight is 173 g/mol. The van der Waals surface area contributed by atoms with Gasteiger partial charge in [0.05, 0.1) is 0 Å². The Hall–Kier alpha value is -1.57. The summed E-state index contributed by atoms with van der Waals surface area (Å²) in [6, 6.07) is 9.98. The van der Waals surface area contributed by atoms with E-state index in [4.69, 9.17) is 0 Å². The number of carbonyl (C=O) groups excluding carboxylic acids is 1. The Morgan fingerprint density at radius 2 is 2.00 bits per heavy atom. The first-order valence-electron chi connectivity index (χ1n) is 4.39. The van der Waals surface area contributed by atoms with Crippen LogP contribution < -0.4 is 0 Å². The molecule has 0 radical (unpaired) electrons. The number of nitrogens with zero attached hydrogens (tertiary/aromatic N) is 1. The number of likely N-dealkylation sites (tertiary alicyclic amines) is 1. The zero-order valence-corrected chi connectivity index (χ0v) is 7.31. The molecule has 1 heterocycles. The molecule has 1 saturated heterocycles. The number of carbonyl (C=O) groups is 1. The number of benzene rings is 1. The van der Waals surface area contributed by atoms with Crippen LogP contribution in [0, 0.1) is 0 Å². The minimum atomic E-state index is 0.215. The molecule has 0 atom stereocenters. The van der Waals surface area contributed by atoms with Gasteiger partial charge in [-0.1, -0.05) is 30.3 Å². The van der Waals surface area contributed by atoms with Crippen molar-refractivity contribution in [3.63, 3.8) is 0 Å². The largest absolute Gasteiger partial charge is 0.318 e. The van der Waals surface area contributed by atoms with Crippen molar-refractivity contribution in [2.45, 2.75) is 6.42 Å². The van der Waals surface area contributed by atoms with E-state index in [2.05, 4.69) is 0 Å². The normalized spacial score (nSPS) is 16.3. The zero-order valence-electron chi connectivity index (χ0n) is 7.31. The van der Waals surface area contributed by atoms with E-state index in [9.17, 15) is 4.79 Å². The lowest BCUT2D eigenvalue weighted by molar-refractivity contribution is -0.135. The molecule has 2 nitrogen and oxygen atoms in total. The molecule has 2 heteroatoms. The first-order chi connectivity index (χ1) is 6.36. The highest BCUT2D eigenvalue weighted by atomic mass is 16.2. The van der Waals surface area contributed by atoms with Crippen molar-refractivity contribution in [2.75, 3.05) is 6.54 Å². The SMILES string of the molecule is O=C1CCN1C=Cc1ccccc1. The first kappa shape index (κ1) is 8.05. The molecule has 1 aliphatic heterocycles. The van der Waals surface area contributed by atoms with Crippen LogP contribution in [0.2, 0.25) is 0 Å². The Kier molecular flexibility index (Phi) is 2.13. The van der Waals surface area contributed by atoms with Gasteiger partial charge in [-0.15, -0.1) is 0 Å². The van der Waals surface area contributed by atoms with Gasteiger partial charge in [-0.2, -0.15) is 0 Å². The van der Waals surface area contributed by atoms with Crippen molar-refractivity contribution in [3.8, 4) is 0 Å². The highest BCUT2D eigenvalue weighted by molar-refractivity contribution is 5.83. The topological polar surface area (TPSA) is 20.3 Å². The van der Waals surface area contributed by atoms with Crippen molar-refractivity contribution in [2.24, 2.45) is 0 Å². The molecule has 2 rings (SSSR count). The van der Waals surface area contributed by atoms with E-state index in [1.165, 1.54) is 0 Å². The van der Waals surface area contributed by atoms with Gasteiger partial charge in [0.15, 0.2) is 0 Å². The highest BCUT2D eigenvalue weighted by Gasteiger charge is 2.20. The Labute approximate surface area is 77.5 Å². The van der Waals surface area contributed by atoms with E-state index in [1.54, 1.807) is 4.90 Å². The minimum Gasteiger partial charge on any atom is -0.318 e. The van der Waals surface area contributed by atoms with Gasteiger partial charge in [-0.3, -0.25) is 4.79 Å². The summed E-state index contributed by atoms with van der Waals surface area (Å²) >= 11 is 0. The summed E-state index contributed by atoms with van der Waals surface area (Å²) in [7, 11) is 0. The van der Waals surface area contributed by atoms with Crippen molar-refractivity contribution >= 4 is 12.0 Å². The molecular weight excluding hydrogens is 162 g/mol. The molecule has 1 aromatic rings. The molecule has 0 N–H and O–H groups in total. The van der Waals surface area contributed by atoms with Gasteiger partial charge < -0.3 is 4.90 Å². The summed E-state index contributed by atoms with van der Waals surface area (Å²) in [6.45, 7) is 0.863. The van der Waals surface area contributed by atoms with Gasteiger partial charge in [-0.05, 0) is 11.6 Å². The maximum atomic E-state index is 10.9. The molecule has 0 unspecified atom stereocenters. The molecular formula is C11H11NO. The van der Waals surface area contributed by atoms with Crippen molar-refractivity contribution in [1.82, 2.24) is 4.90 Å². The van der Waals surface area contributed by atoms with E-state index in [1.807, 2.05) is 42.6 Å². The molecule has 13 heavy (non-hydrogen) atoms. The third kappa shape index (κ3) is 1.78. The van der Waals surface area contributed by atoms with E-state index >= 15 is 0 Å². The quantitative estimate of drug-likeness (QED) is 0.625. The van der Waals surface area contributed by atoms with Gasteiger partial charge in [0.25, 0.3) is 0 Å². The minimum absolute atomic E-state index is 0.215. The van der Waals surface area contributed by atoms with Crippen LogP contribution in [0.4, 0.5) is 0 Å². The van der Waals surface area contributed by atoms with Gasteiger partial charge in [-0.25, -0.2) is 0 Å². The van der Waals surface area contributed by atoms with Crippen molar-refractivity contribution in [1.29, 1.82) is 0 Å². The van der Waals surface area contributed by atoms with Crippen LogP contribution in [0.3, 0.4) is 0 Å². The second-order valence-corrected chi connectivity index (χ2v) is 3.06. The van der Waals surface area contributed by atoms with Crippen LogP contribution in [0.25, 0.3) is 6.08 Å². The summed E-state index contributed by atoms with van der Waals surface area (Å²) in [5, 5.41) is 0. The monoisotopic (exact) mass is 173 g/mol. The standard InChI is InChI=1S/C11H11NO/c13-11-7-9-12(11)8-6-10-4-2-1-3-5-10/h1-6,8H,7,9H2. The van der Waals surface area contributed by atoms with E-state index in [0.29, 0.717) is 6.42 Å². The Morgan fingerprint density at radius 1 is 1.23 bits per heavy atom. The highest BCUT2D eigenvalue weighted by Crippen LogP contribution is 2.10. The average Bonchev–Trinajstić information content (AvgIpc) is 2.17. The molecule has 1 amide bonds. The van der Waals surface area contributed by atoms with E-state index in [-0.39, 0.29) is 5.91 Å². The van der Waals surface area contributed by atoms with Crippen LogP contribution in [0.1, 0.15) is 12.0 Å². The molecule has 0 aliphatic carbocycles. The molecule has 0 bridgehead atoms. The lowest BCUT2D eigenvalue weighted by Gasteiger charge is -2.26. The van der Waals surface area contributed by atoms with Gasteiger partial charge >= 0.3 is 0 Å². The maximum absolute atomic E-state index is 10.9. The van der Waals surface area contributed by atoms with E-state index in [0.717, 1.165) is 12.1 Å². The third-order valence-electron chi connectivity index (χ3n) is 2.13. The first-order valence-corrected chi connectivity index (χ1v) is 4.39. The zero-order chi connectivity index (χ0) is 9.10. The fourth-order valence-corrected chi connectivity index (χ4v) is 1.23. The van der Waals surface area contributed by atoms with Gasteiger partial charge in [0.1, 0.15) is 0 Å². The Balaban J connectivity index is 2.01. The predicted molar refractivity (Wildman–Crippen MR) is 51.8 cm³/mol. The van der Waals surface area contributed by atoms with Crippen molar-refractivity contribution < 1.29 is 4.79 Å². The Morgan fingerprint density at radius 3 is 2.54 bits per heavy atom. The number of β-lactam (4-membered cyclic amide) rings is 1. The van der Waals surface area contributed by atoms with Crippen LogP contribution in [-0.4, -0.2) is 17.4 Å². The van der Waals surface area contributed by atoms with Crippen molar-refractivity contribution in [3.05, 3.63) is 42.1 Å². The fraction of sp³-hybridized carbons (Fsp3) is 0.182. The molecule has 1 fully saturated rings. The summed E-state index contributed by atoms with van der Waals surface area (Å²) < 4.78 is 0. The second-order valence-electron chi connectivity index (χ2n) is 3.06. The molecule has 1 aliphatic rings. The second kappa shape index (κ2) is 3.44.